The summed E-state index contributed by atoms with van der Waals surface area (Å²) in [6, 6.07) is 10.1. The number of benzene rings is 1. The number of amides is 1. The SMILES string of the molecule is O=C1NCc2c1cccc2-c1ccnc(N2CCNCC2)c1. The predicted molar refractivity (Wildman–Crippen MR) is 85.9 cm³/mol. The van der Waals surface area contributed by atoms with E-state index >= 15 is 0 Å². The van der Waals surface area contributed by atoms with Crippen LogP contribution in [-0.2, 0) is 6.54 Å². The number of hydrogen-bond acceptors (Lipinski definition) is 4. The average molecular weight is 294 g/mol. The number of hydrogen-bond donors (Lipinski definition) is 2. The van der Waals surface area contributed by atoms with Crippen molar-refractivity contribution >= 4 is 11.7 Å². The summed E-state index contributed by atoms with van der Waals surface area (Å²) < 4.78 is 0. The van der Waals surface area contributed by atoms with Crippen LogP contribution < -0.4 is 15.5 Å². The fourth-order valence-electron chi connectivity index (χ4n) is 3.18. The Morgan fingerprint density at radius 2 is 1.91 bits per heavy atom. The highest BCUT2D eigenvalue weighted by Gasteiger charge is 2.22. The highest BCUT2D eigenvalue weighted by atomic mass is 16.1. The van der Waals surface area contributed by atoms with Crippen molar-refractivity contribution in [3.8, 4) is 11.1 Å². The molecule has 5 nitrogen and oxygen atoms in total. The molecule has 1 aromatic carbocycles. The monoisotopic (exact) mass is 294 g/mol. The molecule has 4 rings (SSSR count). The summed E-state index contributed by atoms with van der Waals surface area (Å²) in [5.41, 5.74) is 4.12. The molecule has 0 saturated carbocycles. The van der Waals surface area contributed by atoms with Gasteiger partial charge in [0.25, 0.3) is 5.91 Å². The fraction of sp³-hybridized carbons (Fsp3) is 0.294. The summed E-state index contributed by atoms with van der Waals surface area (Å²) in [4.78, 5) is 18.6. The number of anilines is 1. The minimum absolute atomic E-state index is 0.0215. The van der Waals surface area contributed by atoms with Crippen LogP contribution >= 0.6 is 0 Å². The Balaban J connectivity index is 1.73. The standard InChI is InChI=1S/C17H18N4O/c22-17-14-3-1-2-13(15(14)11-20-17)12-4-5-19-16(10-12)21-8-6-18-7-9-21/h1-5,10,18H,6-9,11H2,(H,20,22). The number of carbonyl (C=O) groups is 1. The Morgan fingerprint density at radius 1 is 1.09 bits per heavy atom. The zero-order valence-electron chi connectivity index (χ0n) is 12.3. The molecule has 2 aliphatic rings. The second-order valence-electron chi connectivity index (χ2n) is 5.65. The molecule has 1 saturated heterocycles. The molecule has 2 aliphatic heterocycles. The Morgan fingerprint density at radius 3 is 2.77 bits per heavy atom. The fourth-order valence-corrected chi connectivity index (χ4v) is 3.18. The van der Waals surface area contributed by atoms with Crippen LogP contribution in [0.2, 0.25) is 0 Å². The van der Waals surface area contributed by atoms with E-state index in [1.165, 1.54) is 0 Å². The van der Waals surface area contributed by atoms with Crippen LogP contribution in [0.5, 0.6) is 0 Å². The van der Waals surface area contributed by atoms with E-state index in [2.05, 4.69) is 32.7 Å². The van der Waals surface area contributed by atoms with Crippen LogP contribution in [0.1, 0.15) is 15.9 Å². The molecule has 0 unspecified atom stereocenters. The highest BCUT2D eigenvalue weighted by molar-refractivity contribution is 6.00. The van der Waals surface area contributed by atoms with Crippen LogP contribution in [-0.4, -0.2) is 37.1 Å². The van der Waals surface area contributed by atoms with Crippen LogP contribution in [0, 0.1) is 0 Å². The van der Waals surface area contributed by atoms with Gasteiger partial charge >= 0.3 is 0 Å². The third kappa shape index (κ3) is 2.23. The molecule has 112 valence electrons. The van der Waals surface area contributed by atoms with Gasteiger partial charge in [-0.25, -0.2) is 4.98 Å². The Labute approximate surface area is 129 Å². The van der Waals surface area contributed by atoms with Crippen LogP contribution in [0.15, 0.2) is 36.5 Å². The summed E-state index contributed by atoms with van der Waals surface area (Å²) in [7, 11) is 0. The minimum Gasteiger partial charge on any atom is -0.354 e. The molecule has 22 heavy (non-hydrogen) atoms. The smallest absolute Gasteiger partial charge is 0.251 e. The van der Waals surface area contributed by atoms with E-state index in [0.29, 0.717) is 6.54 Å². The van der Waals surface area contributed by atoms with Crippen molar-refractivity contribution in [2.24, 2.45) is 0 Å². The maximum Gasteiger partial charge on any atom is 0.251 e. The lowest BCUT2D eigenvalue weighted by Crippen LogP contribution is -2.43. The third-order valence-electron chi connectivity index (χ3n) is 4.34. The molecular formula is C17H18N4O. The molecule has 5 heteroatoms. The molecule has 1 amide bonds. The molecule has 0 aliphatic carbocycles. The van der Waals surface area contributed by atoms with Crippen molar-refractivity contribution in [3.05, 3.63) is 47.7 Å². The molecule has 3 heterocycles. The van der Waals surface area contributed by atoms with E-state index in [-0.39, 0.29) is 5.91 Å². The number of rotatable bonds is 2. The van der Waals surface area contributed by atoms with Crippen LogP contribution in [0.3, 0.4) is 0 Å². The topological polar surface area (TPSA) is 57.3 Å². The van der Waals surface area contributed by atoms with Gasteiger partial charge in [0, 0.05) is 44.5 Å². The maximum atomic E-state index is 11.8. The molecule has 1 fully saturated rings. The van der Waals surface area contributed by atoms with Gasteiger partial charge in [-0.1, -0.05) is 12.1 Å². The Kier molecular flexibility index (Phi) is 3.27. The van der Waals surface area contributed by atoms with Gasteiger partial charge in [0.1, 0.15) is 5.82 Å². The van der Waals surface area contributed by atoms with Gasteiger partial charge in [-0.05, 0) is 34.9 Å². The van der Waals surface area contributed by atoms with Crippen molar-refractivity contribution in [1.82, 2.24) is 15.6 Å². The summed E-state index contributed by atoms with van der Waals surface area (Å²) in [5, 5.41) is 6.25. The zero-order chi connectivity index (χ0) is 14.9. The Hall–Kier alpha value is -2.40. The minimum atomic E-state index is 0.0215. The zero-order valence-corrected chi connectivity index (χ0v) is 12.3. The first-order valence-corrected chi connectivity index (χ1v) is 7.65. The van der Waals surface area contributed by atoms with Crippen molar-refractivity contribution in [2.75, 3.05) is 31.1 Å². The summed E-state index contributed by atoms with van der Waals surface area (Å²) in [6.07, 6.45) is 1.86. The number of carbonyl (C=O) groups excluding carboxylic acids is 1. The second kappa shape index (κ2) is 5.42. The van der Waals surface area contributed by atoms with Crippen molar-refractivity contribution < 1.29 is 4.79 Å². The summed E-state index contributed by atoms with van der Waals surface area (Å²) in [5.74, 6) is 1.03. The molecule has 0 radical (unpaired) electrons. The maximum absolute atomic E-state index is 11.8. The van der Waals surface area contributed by atoms with E-state index in [9.17, 15) is 4.79 Å². The van der Waals surface area contributed by atoms with Crippen molar-refractivity contribution in [1.29, 1.82) is 0 Å². The first kappa shape index (κ1) is 13.3. The van der Waals surface area contributed by atoms with Gasteiger partial charge in [-0.3, -0.25) is 4.79 Å². The van der Waals surface area contributed by atoms with Gasteiger partial charge in [0.2, 0.25) is 0 Å². The van der Waals surface area contributed by atoms with Gasteiger partial charge < -0.3 is 15.5 Å². The molecule has 0 atom stereocenters. The number of aromatic nitrogens is 1. The first-order valence-electron chi connectivity index (χ1n) is 7.65. The lowest BCUT2D eigenvalue weighted by atomic mass is 9.97. The van der Waals surface area contributed by atoms with Gasteiger partial charge in [0.05, 0.1) is 0 Å². The Bertz CT molecular complexity index is 722. The lowest BCUT2D eigenvalue weighted by Gasteiger charge is -2.28. The number of pyridine rings is 1. The van der Waals surface area contributed by atoms with E-state index < -0.39 is 0 Å². The van der Waals surface area contributed by atoms with Crippen LogP contribution in [0.25, 0.3) is 11.1 Å². The molecule has 2 N–H and O–H groups in total. The van der Waals surface area contributed by atoms with E-state index in [1.807, 2.05) is 24.4 Å². The largest absolute Gasteiger partial charge is 0.354 e. The number of nitrogens with zero attached hydrogens (tertiary/aromatic N) is 2. The molecule has 0 spiro atoms. The quantitative estimate of drug-likeness (QED) is 0.879. The van der Waals surface area contributed by atoms with Crippen molar-refractivity contribution in [3.63, 3.8) is 0 Å². The average Bonchev–Trinajstić information content (AvgIpc) is 2.97. The van der Waals surface area contributed by atoms with Crippen LogP contribution in [0.4, 0.5) is 5.82 Å². The number of nitrogens with one attached hydrogen (secondary N) is 2. The summed E-state index contributed by atoms with van der Waals surface area (Å²) >= 11 is 0. The number of fused-ring (bicyclic) bond motifs is 1. The highest BCUT2D eigenvalue weighted by Crippen LogP contribution is 2.30. The molecule has 2 aromatic rings. The van der Waals surface area contributed by atoms with Gasteiger partial charge in [-0.2, -0.15) is 0 Å². The predicted octanol–water partition coefficient (Wildman–Crippen LogP) is 1.40. The van der Waals surface area contributed by atoms with Crippen molar-refractivity contribution in [2.45, 2.75) is 6.54 Å². The first-order chi connectivity index (χ1) is 10.8. The van der Waals surface area contributed by atoms with Gasteiger partial charge in [-0.15, -0.1) is 0 Å². The van der Waals surface area contributed by atoms with E-state index in [1.54, 1.807) is 0 Å². The molecule has 1 aromatic heterocycles. The molecule has 0 bridgehead atoms. The number of piperazine rings is 1. The molecular weight excluding hydrogens is 276 g/mol. The third-order valence-corrected chi connectivity index (χ3v) is 4.34. The van der Waals surface area contributed by atoms with E-state index in [0.717, 1.165) is 54.3 Å². The lowest BCUT2D eigenvalue weighted by molar-refractivity contribution is 0.0966. The summed E-state index contributed by atoms with van der Waals surface area (Å²) in [6.45, 7) is 4.54. The normalized spacial score (nSPS) is 17.3. The van der Waals surface area contributed by atoms with Gasteiger partial charge in [0.15, 0.2) is 0 Å². The van der Waals surface area contributed by atoms with E-state index in [4.69, 9.17) is 0 Å². The second-order valence-corrected chi connectivity index (χ2v) is 5.65.